The Morgan fingerprint density at radius 1 is 1.29 bits per heavy atom. The van der Waals surface area contributed by atoms with Crippen LogP contribution in [-0.2, 0) is 21.3 Å². The van der Waals surface area contributed by atoms with E-state index in [1.807, 2.05) is 12.1 Å². The van der Waals surface area contributed by atoms with Crippen molar-refractivity contribution >= 4 is 21.9 Å². The molecule has 1 amide bonds. The highest BCUT2D eigenvalue weighted by Gasteiger charge is 2.27. The minimum Gasteiger partial charge on any atom is -0.444 e. The summed E-state index contributed by atoms with van der Waals surface area (Å²) >= 11 is 0. The summed E-state index contributed by atoms with van der Waals surface area (Å²) in [5, 5.41) is 7.30. The standard InChI is InChI=1S/C20H30N6O4S/c1-20(2,3)30-19(27)23-13-14-5-6-18(22-12-14)26-17(21)11-16(24-26)15-7-9-25(10-8-15)31(4,28)29/h5-6,11-12,15H,7-10,13,21H2,1-4H3,(H,23,27). The lowest BCUT2D eigenvalue weighted by Crippen LogP contribution is -2.37. The Kier molecular flexibility index (Phi) is 6.56. The van der Waals surface area contributed by atoms with Crippen LogP contribution in [0.3, 0.4) is 0 Å². The molecule has 11 heteroatoms. The van der Waals surface area contributed by atoms with Gasteiger partial charge < -0.3 is 15.8 Å². The van der Waals surface area contributed by atoms with Gasteiger partial charge in [0, 0.05) is 37.8 Å². The van der Waals surface area contributed by atoms with Gasteiger partial charge >= 0.3 is 6.09 Å². The molecule has 0 aliphatic carbocycles. The largest absolute Gasteiger partial charge is 0.444 e. The van der Waals surface area contributed by atoms with Gasteiger partial charge in [-0.3, -0.25) is 0 Å². The quantitative estimate of drug-likeness (QED) is 0.712. The van der Waals surface area contributed by atoms with Crippen molar-refractivity contribution in [2.24, 2.45) is 0 Å². The minimum atomic E-state index is -3.16. The van der Waals surface area contributed by atoms with Gasteiger partial charge in [0.1, 0.15) is 11.4 Å². The van der Waals surface area contributed by atoms with Crippen molar-refractivity contribution in [3.05, 3.63) is 35.7 Å². The van der Waals surface area contributed by atoms with Gasteiger partial charge in [0.2, 0.25) is 10.0 Å². The maximum Gasteiger partial charge on any atom is 0.407 e. The molecule has 2 aromatic rings. The summed E-state index contributed by atoms with van der Waals surface area (Å²) in [5.41, 5.74) is 7.25. The van der Waals surface area contributed by atoms with Crippen LogP contribution in [0.2, 0.25) is 0 Å². The fraction of sp³-hybridized carbons (Fsp3) is 0.550. The number of piperidine rings is 1. The topological polar surface area (TPSA) is 132 Å². The van der Waals surface area contributed by atoms with E-state index in [1.54, 1.807) is 37.7 Å². The van der Waals surface area contributed by atoms with Crippen molar-refractivity contribution in [2.75, 3.05) is 25.1 Å². The smallest absolute Gasteiger partial charge is 0.407 e. The Bertz CT molecular complexity index is 1020. The highest BCUT2D eigenvalue weighted by Crippen LogP contribution is 2.29. The van der Waals surface area contributed by atoms with Crippen molar-refractivity contribution in [2.45, 2.75) is 51.7 Å². The van der Waals surface area contributed by atoms with Gasteiger partial charge in [-0.2, -0.15) is 9.78 Å². The second-order valence-corrected chi connectivity index (χ2v) is 10.7. The first-order valence-electron chi connectivity index (χ1n) is 10.1. The van der Waals surface area contributed by atoms with E-state index in [2.05, 4.69) is 15.4 Å². The van der Waals surface area contributed by atoms with Crippen LogP contribution in [0.25, 0.3) is 5.82 Å². The van der Waals surface area contributed by atoms with E-state index in [4.69, 9.17) is 10.5 Å². The van der Waals surface area contributed by atoms with Crippen LogP contribution < -0.4 is 11.1 Å². The van der Waals surface area contributed by atoms with Gasteiger partial charge in [0.15, 0.2) is 5.82 Å². The van der Waals surface area contributed by atoms with Crippen molar-refractivity contribution in [1.82, 2.24) is 24.4 Å². The van der Waals surface area contributed by atoms with Crippen molar-refractivity contribution in [3.8, 4) is 5.82 Å². The van der Waals surface area contributed by atoms with E-state index >= 15 is 0 Å². The number of amides is 1. The number of hydrogen-bond acceptors (Lipinski definition) is 7. The fourth-order valence-corrected chi connectivity index (χ4v) is 4.29. The van der Waals surface area contributed by atoms with Gasteiger partial charge in [-0.15, -0.1) is 0 Å². The molecule has 0 aromatic carbocycles. The van der Waals surface area contributed by atoms with Crippen LogP contribution in [0.5, 0.6) is 0 Å². The fourth-order valence-electron chi connectivity index (χ4n) is 3.42. The molecular weight excluding hydrogens is 420 g/mol. The zero-order valence-electron chi connectivity index (χ0n) is 18.3. The van der Waals surface area contributed by atoms with E-state index in [0.29, 0.717) is 44.1 Å². The molecule has 1 fully saturated rings. The monoisotopic (exact) mass is 450 g/mol. The SMILES string of the molecule is CC(C)(C)OC(=O)NCc1ccc(-n2nc(C3CCN(S(C)(=O)=O)CC3)cc2N)nc1. The first-order valence-corrected chi connectivity index (χ1v) is 12.0. The van der Waals surface area contributed by atoms with Gasteiger partial charge in [-0.25, -0.2) is 22.5 Å². The number of nitrogens with one attached hydrogen (secondary N) is 1. The number of carbonyl (C=O) groups excluding carboxylic acids is 1. The molecule has 1 saturated heterocycles. The predicted octanol–water partition coefficient (Wildman–Crippen LogP) is 2.01. The van der Waals surface area contributed by atoms with Gasteiger partial charge in [-0.05, 0) is 45.2 Å². The Balaban J connectivity index is 1.62. The van der Waals surface area contributed by atoms with E-state index in [-0.39, 0.29) is 5.92 Å². The molecule has 1 aliphatic rings. The molecule has 0 radical (unpaired) electrons. The number of nitrogen functional groups attached to an aromatic ring is 1. The summed E-state index contributed by atoms with van der Waals surface area (Å²) in [6.07, 6.45) is 3.80. The lowest BCUT2D eigenvalue weighted by Gasteiger charge is -2.29. The molecule has 2 aromatic heterocycles. The van der Waals surface area contributed by atoms with E-state index in [1.165, 1.54) is 10.6 Å². The number of hydrogen-bond donors (Lipinski definition) is 2. The number of nitrogens with zero attached hydrogens (tertiary/aromatic N) is 4. The lowest BCUT2D eigenvalue weighted by molar-refractivity contribution is 0.0523. The van der Waals surface area contributed by atoms with Gasteiger partial charge in [0.05, 0.1) is 11.9 Å². The minimum absolute atomic E-state index is 0.152. The van der Waals surface area contributed by atoms with Crippen molar-refractivity contribution in [1.29, 1.82) is 0 Å². The number of alkyl carbamates (subject to hydrolysis) is 1. The molecule has 31 heavy (non-hydrogen) atoms. The molecule has 3 N–H and O–H groups in total. The summed E-state index contributed by atoms with van der Waals surface area (Å²) in [4.78, 5) is 16.2. The Morgan fingerprint density at radius 3 is 2.52 bits per heavy atom. The number of anilines is 1. The number of carbonyl (C=O) groups is 1. The van der Waals surface area contributed by atoms with Crippen LogP contribution in [-0.4, -0.2) is 58.5 Å². The number of sulfonamides is 1. The maximum atomic E-state index is 11.8. The summed E-state index contributed by atoms with van der Waals surface area (Å²) in [7, 11) is -3.16. The molecule has 1 aliphatic heterocycles. The van der Waals surface area contributed by atoms with E-state index in [0.717, 1.165) is 11.3 Å². The summed E-state index contributed by atoms with van der Waals surface area (Å²) in [5.74, 6) is 1.19. The zero-order chi connectivity index (χ0) is 22.8. The number of rotatable bonds is 5. The van der Waals surface area contributed by atoms with Crippen molar-refractivity contribution in [3.63, 3.8) is 0 Å². The zero-order valence-corrected chi connectivity index (χ0v) is 19.1. The first kappa shape index (κ1) is 23.0. The molecule has 3 rings (SSSR count). The molecule has 0 spiro atoms. The Hall–Kier alpha value is -2.66. The maximum absolute atomic E-state index is 11.8. The van der Waals surface area contributed by atoms with Gasteiger partial charge in [0.25, 0.3) is 0 Å². The number of pyridine rings is 1. The van der Waals surface area contributed by atoms with Crippen LogP contribution >= 0.6 is 0 Å². The number of nitrogens with two attached hydrogens (primary N) is 1. The highest BCUT2D eigenvalue weighted by molar-refractivity contribution is 7.88. The lowest BCUT2D eigenvalue weighted by atomic mass is 9.95. The Labute approximate surface area is 182 Å². The summed E-state index contributed by atoms with van der Waals surface area (Å²) in [6, 6.07) is 5.44. The number of ether oxygens (including phenoxy) is 1. The van der Waals surface area contributed by atoms with Crippen LogP contribution in [0, 0.1) is 0 Å². The third-order valence-electron chi connectivity index (χ3n) is 4.96. The molecule has 0 saturated carbocycles. The Morgan fingerprint density at radius 2 is 1.97 bits per heavy atom. The second-order valence-electron chi connectivity index (χ2n) is 8.72. The molecule has 10 nitrogen and oxygen atoms in total. The highest BCUT2D eigenvalue weighted by atomic mass is 32.2. The molecule has 0 unspecified atom stereocenters. The molecule has 0 atom stereocenters. The molecule has 0 bridgehead atoms. The van der Waals surface area contributed by atoms with E-state index < -0.39 is 21.7 Å². The van der Waals surface area contributed by atoms with Gasteiger partial charge in [-0.1, -0.05) is 6.07 Å². The summed E-state index contributed by atoms with van der Waals surface area (Å²) < 4.78 is 31.7. The molecular formula is C20H30N6O4S. The van der Waals surface area contributed by atoms with Crippen molar-refractivity contribution < 1.29 is 17.9 Å². The number of aromatic nitrogens is 3. The third kappa shape index (κ3) is 6.17. The third-order valence-corrected chi connectivity index (χ3v) is 6.26. The molecule has 170 valence electrons. The normalized spacial score (nSPS) is 16.3. The summed E-state index contributed by atoms with van der Waals surface area (Å²) in [6.45, 7) is 6.67. The van der Waals surface area contributed by atoms with Crippen LogP contribution in [0.4, 0.5) is 10.6 Å². The predicted molar refractivity (Wildman–Crippen MR) is 117 cm³/mol. The van der Waals surface area contributed by atoms with Crippen LogP contribution in [0.15, 0.2) is 24.4 Å². The average Bonchev–Trinajstić information content (AvgIpc) is 3.06. The van der Waals surface area contributed by atoms with Crippen LogP contribution in [0.1, 0.15) is 50.8 Å². The average molecular weight is 451 g/mol. The molecule has 3 heterocycles. The first-order chi connectivity index (χ1) is 14.4. The van der Waals surface area contributed by atoms with E-state index in [9.17, 15) is 13.2 Å². The second kappa shape index (κ2) is 8.83.